The summed E-state index contributed by atoms with van der Waals surface area (Å²) in [7, 11) is -3.71. The first kappa shape index (κ1) is 21.8. The molecule has 11 heteroatoms. The molecule has 0 atom stereocenters. The van der Waals surface area contributed by atoms with Gasteiger partial charge >= 0.3 is 0 Å². The molecule has 1 saturated heterocycles. The van der Waals surface area contributed by atoms with Gasteiger partial charge in [-0.2, -0.15) is 4.31 Å². The van der Waals surface area contributed by atoms with E-state index in [1.807, 2.05) is 0 Å². The Morgan fingerprint density at radius 1 is 1.10 bits per heavy atom. The number of rotatable bonds is 5. The molecule has 1 aliphatic heterocycles. The van der Waals surface area contributed by atoms with E-state index in [0.717, 1.165) is 36.3 Å². The van der Waals surface area contributed by atoms with Crippen LogP contribution in [0.3, 0.4) is 0 Å². The smallest absolute Gasteiger partial charge is 0.259 e. The van der Waals surface area contributed by atoms with Crippen molar-refractivity contribution in [1.82, 2.24) is 9.29 Å². The van der Waals surface area contributed by atoms with Crippen LogP contribution in [0.2, 0.25) is 5.02 Å². The summed E-state index contributed by atoms with van der Waals surface area (Å²) in [6.45, 7) is 0.886. The summed E-state index contributed by atoms with van der Waals surface area (Å²) in [5.74, 6) is -2.60. The van der Waals surface area contributed by atoms with Crippen molar-refractivity contribution in [1.29, 1.82) is 0 Å². The van der Waals surface area contributed by atoms with E-state index in [-0.39, 0.29) is 20.6 Å². The summed E-state index contributed by atoms with van der Waals surface area (Å²) < 4.78 is 53.5. The Morgan fingerprint density at radius 3 is 2.55 bits per heavy atom. The molecule has 2 aromatic carbocycles. The van der Waals surface area contributed by atoms with E-state index in [2.05, 4.69) is 10.3 Å². The molecule has 0 unspecified atom stereocenters. The van der Waals surface area contributed by atoms with Gasteiger partial charge in [0.05, 0.1) is 21.2 Å². The summed E-state index contributed by atoms with van der Waals surface area (Å²) in [4.78, 5) is 16.9. The number of carbonyl (C=O) groups is 1. The van der Waals surface area contributed by atoms with Crippen LogP contribution in [-0.4, -0.2) is 36.7 Å². The minimum Gasteiger partial charge on any atom is -0.298 e. The summed E-state index contributed by atoms with van der Waals surface area (Å²) in [6, 6.07) is 7.37. The average Bonchev–Trinajstić information content (AvgIpc) is 3.43. The fourth-order valence-electron chi connectivity index (χ4n) is 3.20. The molecule has 0 bridgehead atoms. The number of hydrogen-bond donors (Lipinski definition) is 1. The molecule has 2 heterocycles. The van der Waals surface area contributed by atoms with Gasteiger partial charge < -0.3 is 0 Å². The van der Waals surface area contributed by atoms with Crippen LogP contribution in [0.4, 0.5) is 13.9 Å². The molecule has 1 N–H and O–H groups in total. The number of nitrogens with one attached hydrogen (secondary N) is 1. The maximum absolute atomic E-state index is 13.5. The van der Waals surface area contributed by atoms with Crippen LogP contribution >= 0.6 is 22.9 Å². The van der Waals surface area contributed by atoms with Crippen LogP contribution in [0.15, 0.2) is 46.7 Å². The standard InChI is InChI=1S/C20H16ClF2N3O3S2/c21-15-5-4-13(31(28,29)26-7-1-2-8-26)10-14(15)19(27)25-20-24-18(11-30-20)12-3-6-16(22)17(23)9-12/h3-6,9-11H,1-2,7-8H2,(H,24,25,27). The third-order valence-electron chi connectivity index (χ3n) is 4.83. The van der Waals surface area contributed by atoms with E-state index in [1.165, 1.54) is 28.6 Å². The van der Waals surface area contributed by atoms with Crippen LogP contribution in [0.1, 0.15) is 23.2 Å². The Kier molecular flexibility index (Phi) is 6.07. The average molecular weight is 484 g/mol. The van der Waals surface area contributed by atoms with E-state index in [9.17, 15) is 22.0 Å². The Hall–Kier alpha value is -2.40. The zero-order valence-corrected chi connectivity index (χ0v) is 18.3. The van der Waals surface area contributed by atoms with Gasteiger partial charge in [-0.25, -0.2) is 22.2 Å². The monoisotopic (exact) mass is 483 g/mol. The number of aromatic nitrogens is 1. The van der Waals surface area contributed by atoms with Crippen molar-refractivity contribution in [3.63, 3.8) is 0 Å². The second-order valence-corrected chi connectivity index (χ2v) is 10.1. The third-order valence-corrected chi connectivity index (χ3v) is 7.81. The van der Waals surface area contributed by atoms with Crippen LogP contribution in [0.25, 0.3) is 11.3 Å². The summed E-state index contributed by atoms with van der Waals surface area (Å²) in [5, 5.41) is 4.45. The maximum Gasteiger partial charge on any atom is 0.259 e. The fourth-order valence-corrected chi connectivity index (χ4v) is 5.66. The Bertz CT molecular complexity index is 1260. The first-order valence-electron chi connectivity index (χ1n) is 9.28. The zero-order chi connectivity index (χ0) is 22.2. The quantitative estimate of drug-likeness (QED) is 0.566. The molecule has 1 fully saturated rings. The molecule has 6 nitrogen and oxygen atoms in total. The second kappa shape index (κ2) is 8.62. The first-order chi connectivity index (χ1) is 14.8. The molecule has 1 aliphatic rings. The van der Waals surface area contributed by atoms with Gasteiger partial charge in [0.1, 0.15) is 0 Å². The number of anilines is 1. The van der Waals surface area contributed by atoms with Gasteiger partial charge in [0.15, 0.2) is 16.8 Å². The van der Waals surface area contributed by atoms with Crippen molar-refractivity contribution in [3.05, 3.63) is 64.0 Å². The van der Waals surface area contributed by atoms with Crippen LogP contribution in [-0.2, 0) is 10.0 Å². The fraction of sp³-hybridized carbons (Fsp3) is 0.200. The summed E-state index contributed by atoms with van der Waals surface area (Å²) in [5.41, 5.74) is 0.703. The predicted molar refractivity (Wildman–Crippen MR) is 115 cm³/mol. The molecule has 0 aliphatic carbocycles. The van der Waals surface area contributed by atoms with Crippen molar-refractivity contribution >= 4 is 44.0 Å². The first-order valence-corrected chi connectivity index (χ1v) is 12.0. The molecule has 1 amide bonds. The number of amides is 1. The number of thiazole rings is 1. The van der Waals surface area contributed by atoms with Crippen LogP contribution < -0.4 is 5.32 Å². The lowest BCUT2D eigenvalue weighted by Gasteiger charge is -2.16. The molecule has 162 valence electrons. The lowest BCUT2D eigenvalue weighted by Crippen LogP contribution is -2.28. The van der Waals surface area contributed by atoms with E-state index in [4.69, 9.17) is 11.6 Å². The van der Waals surface area contributed by atoms with E-state index < -0.39 is 27.6 Å². The van der Waals surface area contributed by atoms with Gasteiger partial charge in [0, 0.05) is 24.0 Å². The van der Waals surface area contributed by atoms with Crippen molar-refractivity contribution < 1.29 is 22.0 Å². The predicted octanol–water partition coefficient (Wildman–Crippen LogP) is 4.78. The molecule has 31 heavy (non-hydrogen) atoms. The summed E-state index contributed by atoms with van der Waals surface area (Å²) >= 11 is 7.22. The van der Waals surface area contributed by atoms with Gasteiger partial charge in [0.25, 0.3) is 5.91 Å². The minimum atomic E-state index is -3.71. The van der Waals surface area contributed by atoms with E-state index >= 15 is 0 Å². The third kappa shape index (κ3) is 4.47. The van der Waals surface area contributed by atoms with Crippen LogP contribution in [0.5, 0.6) is 0 Å². The highest BCUT2D eigenvalue weighted by Gasteiger charge is 2.28. The van der Waals surface area contributed by atoms with E-state index in [0.29, 0.717) is 24.3 Å². The van der Waals surface area contributed by atoms with Crippen molar-refractivity contribution in [2.24, 2.45) is 0 Å². The lowest BCUT2D eigenvalue weighted by atomic mass is 10.2. The molecule has 3 aromatic rings. The normalized spacial score (nSPS) is 14.7. The summed E-state index contributed by atoms with van der Waals surface area (Å²) in [6.07, 6.45) is 1.59. The number of hydrogen-bond acceptors (Lipinski definition) is 5. The number of nitrogens with zero attached hydrogens (tertiary/aromatic N) is 2. The number of halogens is 3. The molecule has 1 aromatic heterocycles. The highest BCUT2D eigenvalue weighted by Crippen LogP contribution is 2.29. The van der Waals surface area contributed by atoms with Gasteiger partial charge in [0.2, 0.25) is 10.0 Å². The van der Waals surface area contributed by atoms with Crippen molar-refractivity contribution in [2.45, 2.75) is 17.7 Å². The van der Waals surface area contributed by atoms with Gasteiger partial charge in [-0.05, 0) is 49.2 Å². The topological polar surface area (TPSA) is 79.4 Å². The zero-order valence-electron chi connectivity index (χ0n) is 15.9. The lowest BCUT2D eigenvalue weighted by molar-refractivity contribution is 0.102. The van der Waals surface area contributed by atoms with E-state index in [1.54, 1.807) is 5.38 Å². The molecule has 0 radical (unpaired) electrons. The largest absolute Gasteiger partial charge is 0.298 e. The minimum absolute atomic E-state index is 0.00786. The molecule has 0 saturated carbocycles. The molecule has 4 rings (SSSR count). The highest BCUT2D eigenvalue weighted by atomic mass is 35.5. The molecular formula is C20H16ClF2N3O3S2. The number of sulfonamides is 1. The number of carbonyl (C=O) groups excluding carboxylic acids is 1. The maximum atomic E-state index is 13.5. The van der Waals surface area contributed by atoms with Gasteiger partial charge in [-0.15, -0.1) is 11.3 Å². The SMILES string of the molecule is O=C(Nc1nc(-c2ccc(F)c(F)c2)cs1)c1cc(S(=O)(=O)N2CCCC2)ccc1Cl. The second-order valence-electron chi connectivity index (χ2n) is 6.87. The Labute approximate surface area is 186 Å². The van der Waals surface area contributed by atoms with Crippen LogP contribution in [0, 0.1) is 11.6 Å². The molecule has 0 spiro atoms. The van der Waals surface area contributed by atoms with Gasteiger partial charge in [-0.3, -0.25) is 10.1 Å². The van der Waals surface area contributed by atoms with Crippen molar-refractivity contribution in [2.75, 3.05) is 18.4 Å². The highest BCUT2D eigenvalue weighted by molar-refractivity contribution is 7.89. The Morgan fingerprint density at radius 2 is 1.84 bits per heavy atom. The van der Waals surface area contributed by atoms with Crippen molar-refractivity contribution in [3.8, 4) is 11.3 Å². The molecular weight excluding hydrogens is 468 g/mol. The van der Waals surface area contributed by atoms with Gasteiger partial charge in [-0.1, -0.05) is 11.6 Å². The Balaban J connectivity index is 1.56. The number of benzene rings is 2.